The van der Waals surface area contributed by atoms with Crippen molar-refractivity contribution < 1.29 is 19.1 Å². The summed E-state index contributed by atoms with van der Waals surface area (Å²) in [5.41, 5.74) is -1.60. The highest BCUT2D eigenvalue weighted by Crippen LogP contribution is 1.99. The molecule has 0 unspecified atom stereocenters. The third-order valence-corrected chi connectivity index (χ3v) is 1.44. The first kappa shape index (κ1) is 12.5. The molecule has 0 saturated carbocycles. The summed E-state index contributed by atoms with van der Waals surface area (Å²) in [4.78, 5) is 20.2. The number of carbonyl (C=O) groups is 2. The van der Waals surface area contributed by atoms with Crippen LogP contribution in [0, 0.1) is 0 Å². The first-order valence-corrected chi connectivity index (χ1v) is 4.53. The van der Waals surface area contributed by atoms with Gasteiger partial charge >= 0.3 is 10.9 Å². The van der Waals surface area contributed by atoms with Gasteiger partial charge in [-0.05, 0) is 19.3 Å². The van der Waals surface area contributed by atoms with Crippen LogP contribution in [0.25, 0.3) is 0 Å². The summed E-state index contributed by atoms with van der Waals surface area (Å²) in [6, 6.07) is 0. The minimum atomic E-state index is -0.799. The molecule has 0 aliphatic carbocycles. The van der Waals surface area contributed by atoms with Crippen molar-refractivity contribution in [2.24, 2.45) is 0 Å². The fourth-order valence-corrected chi connectivity index (χ4v) is 0.840. The van der Waals surface area contributed by atoms with Gasteiger partial charge in [0.25, 0.3) is 0 Å². The molecule has 4 nitrogen and oxygen atoms in total. The SMILES string of the molecule is O=C(Cl)OCCCCCOC(=O)Cl. The second kappa shape index (κ2) is 8.13. The molecule has 0 atom stereocenters. The Labute approximate surface area is 86.1 Å². The lowest BCUT2D eigenvalue weighted by molar-refractivity contribution is 0.163. The Bertz CT molecular complexity index is 154. The van der Waals surface area contributed by atoms with Gasteiger partial charge in [0.1, 0.15) is 0 Å². The summed E-state index contributed by atoms with van der Waals surface area (Å²) in [6.07, 6.45) is 2.17. The quantitative estimate of drug-likeness (QED) is 0.519. The maximum atomic E-state index is 10.1. The van der Waals surface area contributed by atoms with Gasteiger partial charge in [-0.15, -0.1) is 0 Å². The molecule has 0 saturated heterocycles. The normalized spacial score (nSPS) is 9.38. The van der Waals surface area contributed by atoms with Crippen molar-refractivity contribution in [2.75, 3.05) is 13.2 Å². The molecule has 0 radical (unpaired) electrons. The van der Waals surface area contributed by atoms with E-state index in [9.17, 15) is 9.59 Å². The maximum Gasteiger partial charge on any atom is 0.403 e. The van der Waals surface area contributed by atoms with Gasteiger partial charge in [0.05, 0.1) is 13.2 Å². The highest BCUT2D eigenvalue weighted by atomic mass is 35.5. The van der Waals surface area contributed by atoms with E-state index in [2.05, 4.69) is 9.47 Å². The van der Waals surface area contributed by atoms with Crippen molar-refractivity contribution in [3.63, 3.8) is 0 Å². The fraction of sp³-hybridized carbons (Fsp3) is 0.714. The molecule has 0 rings (SSSR count). The largest absolute Gasteiger partial charge is 0.454 e. The lowest BCUT2D eigenvalue weighted by Crippen LogP contribution is -1.99. The number of ether oxygens (including phenoxy) is 2. The van der Waals surface area contributed by atoms with Gasteiger partial charge in [-0.25, -0.2) is 9.59 Å². The lowest BCUT2D eigenvalue weighted by atomic mass is 10.2. The van der Waals surface area contributed by atoms with Crippen LogP contribution in [0.2, 0.25) is 0 Å². The summed E-state index contributed by atoms with van der Waals surface area (Å²) in [6.45, 7) is 0.578. The van der Waals surface area contributed by atoms with Gasteiger partial charge in [0.15, 0.2) is 0 Å². The van der Waals surface area contributed by atoms with Crippen molar-refractivity contribution in [2.45, 2.75) is 19.3 Å². The van der Waals surface area contributed by atoms with Crippen LogP contribution < -0.4 is 0 Å². The first-order valence-electron chi connectivity index (χ1n) is 3.77. The predicted octanol–water partition coefficient (Wildman–Crippen LogP) is 2.91. The van der Waals surface area contributed by atoms with E-state index >= 15 is 0 Å². The molecule has 0 aliphatic heterocycles. The predicted molar refractivity (Wildman–Crippen MR) is 48.3 cm³/mol. The van der Waals surface area contributed by atoms with Crippen molar-refractivity contribution in [1.29, 1.82) is 0 Å². The number of rotatable bonds is 6. The standard InChI is InChI=1S/C7H10Cl2O4/c8-6(10)12-4-2-1-3-5-13-7(9)11/h1-5H2. The number of unbranched alkanes of at least 4 members (excludes halogenated alkanes) is 2. The summed E-state index contributed by atoms with van der Waals surface area (Å²) in [7, 11) is 0. The van der Waals surface area contributed by atoms with Gasteiger partial charge in [0, 0.05) is 23.2 Å². The van der Waals surface area contributed by atoms with Gasteiger partial charge in [0.2, 0.25) is 0 Å². The van der Waals surface area contributed by atoms with Crippen LogP contribution in [0.5, 0.6) is 0 Å². The molecule has 0 aromatic rings. The average Bonchev–Trinajstić information content (AvgIpc) is 2.01. The zero-order chi connectivity index (χ0) is 10.1. The Morgan fingerprint density at radius 3 is 1.54 bits per heavy atom. The minimum absolute atomic E-state index is 0.289. The molecule has 0 amide bonds. The van der Waals surface area contributed by atoms with Crippen molar-refractivity contribution in [1.82, 2.24) is 0 Å². The van der Waals surface area contributed by atoms with Crippen molar-refractivity contribution >= 4 is 34.1 Å². The molecule has 0 aromatic heterocycles. The smallest absolute Gasteiger partial charge is 0.403 e. The summed E-state index contributed by atoms with van der Waals surface area (Å²) < 4.78 is 8.92. The Morgan fingerprint density at radius 1 is 0.846 bits per heavy atom. The van der Waals surface area contributed by atoms with E-state index < -0.39 is 10.9 Å². The van der Waals surface area contributed by atoms with E-state index in [1.165, 1.54) is 0 Å². The highest BCUT2D eigenvalue weighted by Gasteiger charge is 1.97. The topological polar surface area (TPSA) is 52.6 Å². The Morgan fingerprint density at radius 2 is 1.23 bits per heavy atom. The molecular weight excluding hydrogens is 219 g/mol. The van der Waals surface area contributed by atoms with E-state index in [0.717, 1.165) is 6.42 Å². The molecule has 0 spiro atoms. The molecule has 76 valence electrons. The van der Waals surface area contributed by atoms with Crippen LogP contribution in [0.4, 0.5) is 9.59 Å². The minimum Gasteiger partial charge on any atom is -0.454 e. The average molecular weight is 229 g/mol. The van der Waals surface area contributed by atoms with Crippen molar-refractivity contribution in [3.05, 3.63) is 0 Å². The van der Waals surface area contributed by atoms with Gasteiger partial charge in [-0.3, -0.25) is 0 Å². The third kappa shape index (κ3) is 11.5. The lowest BCUT2D eigenvalue weighted by Gasteiger charge is -2.01. The summed E-state index contributed by atoms with van der Waals surface area (Å²) in [5, 5.41) is 0. The molecule has 0 aromatic carbocycles. The van der Waals surface area contributed by atoms with Crippen LogP contribution in [-0.4, -0.2) is 24.1 Å². The molecule has 0 fully saturated rings. The zero-order valence-electron chi connectivity index (χ0n) is 6.92. The highest BCUT2D eigenvalue weighted by molar-refractivity contribution is 6.61. The molecule has 13 heavy (non-hydrogen) atoms. The van der Waals surface area contributed by atoms with Crippen LogP contribution in [0.1, 0.15) is 19.3 Å². The van der Waals surface area contributed by atoms with Crippen LogP contribution in [-0.2, 0) is 9.47 Å². The van der Waals surface area contributed by atoms with E-state index in [4.69, 9.17) is 23.2 Å². The molecule has 6 heteroatoms. The molecule has 0 bridgehead atoms. The summed E-state index contributed by atoms with van der Waals surface area (Å²) in [5.74, 6) is 0. The number of hydrogen-bond donors (Lipinski definition) is 0. The molecular formula is C7H10Cl2O4. The maximum absolute atomic E-state index is 10.1. The van der Waals surface area contributed by atoms with Gasteiger partial charge in [-0.1, -0.05) is 0 Å². The van der Waals surface area contributed by atoms with Crippen LogP contribution >= 0.6 is 23.2 Å². The summed E-state index contributed by atoms with van der Waals surface area (Å²) >= 11 is 9.82. The van der Waals surface area contributed by atoms with E-state index in [1.807, 2.05) is 0 Å². The number of halogens is 2. The van der Waals surface area contributed by atoms with E-state index in [-0.39, 0.29) is 13.2 Å². The third-order valence-electron chi connectivity index (χ3n) is 1.22. The second-order valence-corrected chi connectivity index (χ2v) is 2.85. The molecule has 0 heterocycles. The monoisotopic (exact) mass is 228 g/mol. The van der Waals surface area contributed by atoms with Crippen LogP contribution in [0.3, 0.4) is 0 Å². The van der Waals surface area contributed by atoms with Gasteiger partial charge in [-0.2, -0.15) is 0 Å². The number of carbonyl (C=O) groups excluding carboxylic acids is 2. The molecule has 0 aliphatic rings. The van der Waals surface area contributed by atoms with Crippen LogP contribution in [0.15, 0.2) is 0 Å². The van der Waals surface area contributed by atoms with Crippen molar-refractivity contribution in [3.8, 4) is 0 Å². The zero-order valence-corrected chi connectivity index (χ0v) is 8.44. The second-order valence-electron chi connectivity index (χ2n) is 2.23. The Balaban J connectivity index is 3.00. The van der Waals surface area contributed by atoms with E-state index in [0.29, 0.717) is 12.8 Å². The Hall–Kier alpha value is -0.480. The Kier molecular flexibility index (Phi) is 7.83. The van der Waals surface area contributed by atoms with E-state index in [1.54, 1.807) is 0 Å². The number of hydrogen-bond acceptors (Lipinski definition) is 4. The molecule has 0 N–H and O–H groups in total. The van der Waals surface area contributed by atoms with Gasteiger partial charge < -0.3 is 9.47 Å². The first-order chi connectivity index (χ1) is 6.13. The fourth-order valence-electron chi connectivity index (χ4n) is 0.686.